The van der Waals surface area contributed by atoms with E-state index >= 15 is 0 Å². The number of alkyl halides is 2. The van der Waals surface area contributed by atoms with Crippen LogP contribution in [0.2, 0.25) is 0 Å². The molecule has 21 heavy (non-hydrogen) atoms. The zero-order valence-electron chi connectivity index (χ0n) is 12.4. The Morgan fingerprint density at radius 2 is 1.90 bits per heavy atom. The van der Waals surface area contributed by atoms with Crippen LogP contribution >= 0.6 is 0 Å². The van der Waals surface area contributed by atoms with Gasteiger partial charge in [-0.2, -0.15) is 0 Å². The van der Waals surface area contributed by atoms with Gasteiger partial charge in [0.2, 0.25) is 0 Å². The van der Waals surface area contributed by atoms with Crippen molar-refractivity contribution in [3.8, 4) is 11.4 Å². The molecule has 0 aliphatic rings. The Morgan fingerprint density at radius 1 is 1.14 bits per heavy atom. The van der Waals surface area contributed by atoms with Crippen molar-refractivity contribution in [3.05, 3.63) is 41.6 Å². The molecule has 1 aromatic heterocycles. The molecule has 3 nitrogen and oxygen atoms in total. The van der Waals surface area contributed by atoms with Crippen LogP contribution in [0.5, 0.6) is 0 Å². The van der Waals surface area contributed by atoms with Crippen molar-refractivity contribution in [2.24, 2.45) is 0 Å². The molecule has 0 fully saturated rings. The number of hydrogen-bond donors (Lipinski definition) is 1. The first-order valence-electron chi connectivity index (χ1n) is 7.02. The number of rotatable bonds is 5. The first-order chi connectivity index (χ1) is 10.0. The molecule has 0 saturated carbocycles. The number of aromatic nitrogens is 2. The van der Waals surface area contributed by atoms with Gasteiger partial charge in [0.15, 0.2) is 5.82 Å². The fourth-order valence-electron chi connectivity index (χ4n) is 1.98. The summed E-state index contributed by atoms with van der Waals surface area (Å²) in [5.74, 6) is 1.43. The van der Waals surface area contributed by atoms with Gasteiger partial charge in [-0.25, -0.2) is 18.7 Å². The van der Waals surface area contributed by atoms with E-state index in [4.69, 9.17) is 0 Å². The molecule has 0 aliphatic heterocycles. The van der Waals surface area contributed by atoms with E-state index in [9.17, 15) is 8.78 Å². The summed E-state index contributed by atoms with van der Waals surface area (Å²) < 4.78 is 25.6. The van der Waals surface area contributed by atoms with Crippen LogP contribution in [-0.4, -0.2) is 16.5 Å². The molecule has 0 radical (unpaired) electrons. The predicted molar refractivity (Wildman–Crippen MR) is 80.7 cm³/mol. The minimum atomic E-state index is -2.49. The van der Waals surface area contributed by atoms with E-state index < -0.39 is 6.43 Å². The number of anilines is 1. The molecule has 1 heterocycles. The molecule has 0 aliphatic carbocycles. The Morgan fingerprint density at radius 3 is 2.52 bits per heavy atom. The number of benzene rings is 1. The summed E-state index contributed by atoms with van der Waals surface area (Å²) in [5, 5.41) is 3.15. The second kappa shape index (κ2) is 6.61. The average Bonchev–Trinajstić information content (AvgIpc) is 2.47. The molecule has 0 saturated heterocycles. The zero-order valence-corrected chi connectivity index (χ0v) is 12.4. The summed E-state index contributed by atoms with van der Waals surface area (Å²) in [6, 6.07) is 8.11. The molecule has 2 aromatic rings. The highest BCUT2D eigenvalue weighted by Gasteiger charge is 2.12. The van der Waals surface area contributed by atoms with Crippen molar-refractivity contribution in [1.82, 2.24) is 9.97 Å². The molecule has 1 N–H and O–H groups in total. The van der Waals surface area contributed by atoms with Crippen LogP contribution in [0, 0.1) is 0 Å². The van der Waals surface area contributed by atoms with Crippen molar-refractivity contribution in [1.29, 1.82) is 0 Å². The van der Waals surface area contributed by atoms with Crippen molar-refractivity contribution < 1.29 is 8.78 Å². The maximum Gasteiger partial charge on any atom is 0.263 e. The molecule has 1 aromatic carbocycles. The van der Waals surface area contributed by atoms with Gasteiger partial charge in [0.1, 0.15) is 5.82 Å². The minimum Gasteiger partial charge on any atom is -0.370 e. The number of nitrogens with one attached hydrogen (secondary N) is 1. The van der Waals surface area contributed by atoms with E-state index in [1.807, 2.05) is 26.8 Å². The molecule has 5 heteroatoms. The van der Waals surface area contributed by atoms with Crippen LogP contribution in [0.15, 0.2) is 30.3 Å². The molecule has 2 rings (SSSR count). The summed E-state index contributed by atoms with van der Waals surface area (Å²) in [6.45, 7) is 6.80. The molecule has 0 bridgehead atoms. The van der Waals surface area contributed by atoms with Crippen LogP contribution in [0.1, 0.15) is 44.4 Å². The van der Waals surface area contributed by atoms with E-state index in [0.29, 0.717) is 17.2 Å². The second-order valence-electron chi connectivity index (χ2n) is 5.11. The Bertz CT molecular complexity index is 612. The van der Waals surface area contributed by atoms with Gasteiger partial charge in [0, 0.05) is 29.4 Å². The molecule has 0 spiro atoms. The Kier molecular flexibility index (Phi) is 4.83. The van der Waals surface area contributed by atoms with Crippen molar-refractivity contribution in [2.75, 3.05) is 11.9 Å². The lowest BCUT2D eigenvalue weighted by Crippen LogP contribution is -2.05. The number of halogens is 2. The SMILES string of the molecule is CCNc1cc(C(C)C)nc(-c2cccc(C(F)F)c2)n1. The molecule has 0 atom stereocenters. The third-order valence-corrected chi connectivity index (χ3v) is 3.09. The molecule has 0 unspecified atom stereocenters. The first-order valence-corrected chi connectivity index (χ1v) is 7.02. The normalized spacial score (nSPS) is 11.2. The van der Waals surface area contributed by atoms with Gasteiger partial charge < -0.3 is 5.32 Å². The standard InChI is InChI=1S/C16H19F2N3/c1-4-19-14-9-13(10(2)3)20-16(21-14)12-7-5-6-11(8-12)15(17)18/h5-10,15H,4H2,1-3H3,(H,19,20,21). The zero-order chi connectivity index (χ0) is 15.4. The summed E-state index contributed by atoms with van der Waals surface area (Å²) in [7, 11) is 0. The van der Waals surface area contributed by atoms with Gasteiger partial charge in [-0.1, -0.05) is 32.0 Å². The smallest absolute Gasteiger partial charge is 0.263 e. The van der Waals surface area contributed by atoms with Crippen molar-refractivity contribution in [2.45, 2.75) is 33.1 Å². The van der Waals surface area contributed by atoms with E-state index in [2.05, 4.69) is 15.3 Å². The fourth-order valence-corrected chi connectivity index (χ4v) is 1.98. The quantitative estimate of drug-likeness (QED) is 0.872. The van der Waals surface area contributed by atoms with E-state index in [-0.39, 0.29) is 11.5 Å². The summed E-state index contributed by atoms with van der Waals surface area (Å²) in [5.41, 5.74) is 1.48. The topological polar surface area (TPSA) is 37.8 Å². The van der Waals surface area contributed by atoms with Crippen molar-refractivity contribution in [3.63, 3.8) is 0 Å². The van der Waals surface area contributed by atoms with Crippen LogP contribution in [0.3, 0.4) is 0 Å². The first kappa shape index (κ1) is 15.4. The maximum atomic E-state index is 12.8. The van der Waals surface area contributed by atoms with Gasteiger partial charge in [0.25, 0.3) is 6.43 Å². The number of nitrogens with zero attached hydrogens (tertiary/aromatic N) is 2. The Hall–Kier alpha value is -2.04. The van der Waals surface area contributed by atoms with Crippen molar-refractivity contribution >= 4 is 5.82 Å². The monoisotopic (exact) mass is 291 g/mol. The molecule has 112 valence electrons. The van der Waals surface area contributed by atoms with Gasteiger partial charge in [-0.3, -0.25) is 0 Å². The summed E-state index contributed by atoms with van der Waals surface area (Å²) in [4.78, 5) is 8.90. The Labute approximate surface area is 123 Å². The lowest BCUT2D eigenvalue weighted by atomic mass is 10.1. The lowest BCUT2D eigenvalue weighted by Gasteiger charge is -2.11. The van der Waals surface area contributed by atoms with Gasteiger partial charge in [0.05, 0.1) is 0 Å². The third-order valence-electron chi connectivity index (χ3n) is 3.09. The van der Waals surface area contributed by atoms with E-state index in [1.165, 1.54) is 12.1 Å². The fraction of sp³-hybridized carbons (Fsp3) is 0.375. The third kappa shape index (κ3) is 3.74. The highest BCUT2D eigenvalue weighted by molar-refractivity contribution is 5.59. The lowest BCUT2D eigenvalue weighted by molar-refractivity contribution is 0.151. The van der Waals surface area contributed by atoms with Gasteiger partial charge in [-0.05, 0) is 18.9 Å². The van der Waals surface area contributed by atoms with Gasteiger partial charge >= 0.3 is 0 Å². The number of hydrogen-bond acceptors (Lipinski definition) is 3. The minimum absolute atomic E-state index is 0.0175. The highest BCUT2D eigenvalue weighted by atomic mass is 19.3. The summed E-state index contributed by atoms with van der Waals surface area (Å²) in [6.07, 6.45) is -2.49. The highest BCUT2D eigenvalue weighted by Crippen LogP contribution is 2.26. The predicted octanol–water partition coefficient (Wildman–Crippen LogP) is 4.64. The molecule has 0 amide bonds. The van der Waals surface area contributed by atoms with E-state index in [0.717, 1.165) is 12.2 Å². The van der Waals surface area contributed by atoms with Crippen LogP contribution in [0.25, 0.3) is 11.4 Å². The summed E-state index contributed by atoms with van der Waals surface area (Å²) >= 11 is 0. The molecular formula is C16H19F2N3. The van der Waals surface area contributed by atoms with Gasteiger partial charge in [-0.15, -0.1) is 0 Å². The van der Waals surface area contributed by atoms with Crippen LogP contribution in [-0.2, 0) is 0 Å². The average molecular weight is 291 g/mol. The van der Waals surface area contributed by atoms with E-state index in [1.54, 1.807) is 12.1 Å². The molecular weight excluding hydrogens is 272 g/mol. The Balaban J connectivity index is 2.49. The largest absolute Gasteiger partial charge is 0.370 e. The maximum absolute atomic E-state index is 12.8. The van der Waals surface area contributed by atoms with Crippen LogP contribution < -0.4 is 5.32 Å². The second-order valence-corrected chi connectivity index (χ2v) is 5.11. The van der Waals surface area contributed by atoms with Crippen LogP contribution in [0.4, 0.5) is 14.6 Å².